The van der Waals surface area contributed by atoms with E-state index in [9.17, 15) is 14.9 Å². The summed E-state index contributed by atoms with van der Waals surface area (Å²) in [6.07, 6.45) is 0. The molecule has 0 unspecified atom stereocenters. The molecule has 1 aromatic heterocycles. The van der Waals surface area contributed by atoms with Crippen molar-refractivity contribution >= 4 is 11.5 Å². The Bertz CT molecular complexity index is 640. The SMILES string of the molecule is COc1cccc(C(=O)c2cccc([N+](=O)[O-])c2)n1. The molecule has 96 valence electrons. The summed E-state index contributed by atoms with van der Waals surface area (Å²) in [4.78, 5) is 26.3. The van der Waals surface area contributed by atoms with E-state index in [0.29, 0.717) is 5.88 Å². The zero-order chi connectivity index (χ0) is 13.8. The Hall–Kier alpha value is -2.76. The van der Waals surface area contributed by atoms with E-state index in [1.165, 1.54) is 37.4 Å². The Morgan fingerprint density at radius 1 is 1.26 bits per heavy atom. The monoisotopic (exact) mass is 258 g/mol. The number of nitrogens with zero attached hydrogens (tertiary/aromatic N) is 2. The van der Waals surface area contributed by atoms with Gasteiger partial charge in [-0.3, -0.25) is 14.9 Å². The third-order valence-electron chi connectivity index (χ3n) is 2.48. The van der Waals surface area contributed by atoms with E-state index in [1.807, 2.05) is 0 Å². The van der Waals surface area contributed by atoms with Crippen molar-refractivity contribution in [2.45, 2.75) is 0 Å². The smallest absolute Gasteiger partial charge is 0.270 e. The van der Waals surface area contributed by atoms with Gasteiger partial charge >= 0.3 is 0 Å². The number of non-ortho nitro benzene ring substituents is 1. The van der Waals surface area contributed by atoms with Crippen LogP contribution in [-0.4, -0.2) is 22.8 Å². The second-order valence-electron chi connectivity index (χ2n) is 3.70. The highest BCUT2D eigenvalue weighted by Crippen LogP contribution is 2.17. The highest BCUT2D eigenvalue weighted by Gasteiger charge is 2.14. The molecule has 0 bridgehead atoms. The number of carbonyl (C=O) groups excluding carboxylic acids is 1. The van der Waals surface area contributed by atoms with Crippen molar-refractivity contribution in [2.24, 2.45) is 0 Å². The number of hydrogen-bond acceptors (Lipinski definition) is 5. The summed E-state index contributed by atoms with van der Waals surface area (Å²) in [6.45, 7) is 0. The minimum atomic E-state index is -0.546. The number of aromatic nitrogens is 1. The third kappa shape index (κ3) is 2.74. The highest BCUT2D eigenvalue weighted by atomic mass is 16.6. The lowest BCUT2D eigenvalue weighted by Gasteiger charge is -2.03. The molecule has 6 heteroatoms. The maximum atomic E-state index is 12.1. The van der Waals surface area contributed by atoms with Crippen LogP contribution in [0.2, 0.25) is 0 Å². The highest BCUT2D eigenvalue weighted by molar-refractivity contribution is 6.08. The van der Waals surface area contributed by atoms with E-state index in [2.05, 4.69) is 4.98 Å². The molecule has 0 amide bonds. The van der Waals surface area contributed by atoms with Crippen molar-refractivity contribution in [1.82, 2.24) is 4.98 Å². The lowest BCUT2D eigenvalue weighted by atomic mass is 10.1. The number of methoxy groups -OCH3 is 1. The van der Waals surface area contributed by atoms with Gasteiger partial charge in [0.25, 0.3) is 5.69 Å². The first-order chi connectivity index (χ1) is 9.11. The van der Waals surface area contributed by atoms with Crippen molar-refractivity contribution in [3.63, 3.8) is 0 Å². The number of ketones is 1. The number of benzene rings is 1. The van der Waals surface area contributed by atoms with E-state index in [0.717, 1.165) is 0 Å². The Morgan fingerprint density at radius 2 is 2.00 bits per heavy atom. The van der Waals surface area contributed by atoms with Gasteiger partial charge in [-0.15, -0.1) is 0 Å². The summed E-state index contributed by atoms with van der Waals surface area (Å²) >= 11 is 0. The molecule has 0 atom stereocenters. The van der Waals surface area contributed by atoms with Crippen LogP contribution in [0.1, 0.15) is 16.1 Å². The molecule has 1 heterocycles. The quantitative estimate of drug-likeness (QED) is 0.477. The van der Waals surface area contributed by atoms with Gasteiger partial charge in [-0.25, -0.2) is 4.98 Å². The van der Waals surface area contributed by atoms with E-state index in [1.54, 1.807) is 12.1 Å². The second kappa shape index (κ2) is 5.26. The van der Waals surface area contributed by atoms with Crippen molar-refractivity contribution < 1.29 is 14.5 Å². The summed E-state index contributed by atoms with van der Waals surface area (Å²) in [6, 6.07) is 10.3. The van der Waals surface area contributed by atoms with Crippen molar-refractivity contribution in [3.05, 3.63) is 63.8 Å². The lowest BCUT2D eigenvalue weighted by Crippen LogP contribution is -2.05. The van der Waals surface area contributed by atoms with Crippen LogP contribution in [0, 0.1) is 10.1 Å². The molecule has 2 aromatic rings. The predicted octanol–water partition coefficient (Wildman–Crippen LogP) is 2.23. The first kappa shape index (κ1) is 12.7. The number of nitro benzene ring substituents is 1. The molecule has 1 aromatic carbocycles. The van der Waals surface area contributed by atoms with Crippen LogP contribution in [0.3, 0.4) is 0 Å². The fraction of sp³-hybridized carbons (Fsp3) is 0.0769. The normalized spacial score (nSPS) is 9.95. The Labute approximate surface area is 108 Å². The maximum absolute atomic E-state index is 12.1. The summed E-state index contributed by atoms with van der Waals surface area (Å²) in [5.74, 6) is -0.0705. The zero-order valence-corrected chi connectivity index (χ0v) is 10.1. The van der Waals surface area contributed by atoms with E-state index in [4.69, 9.17) is 4.74 Å². The topological polar surface area (TPSA) is 82.3 Å². The molecule has 0 aliphatic rings. The predicted molar refractivity (Wildman–Crippen MR) is 67.3 cm³/mol. The van der Waals surface area contributed by atoms with Crippen LogP contribution >= 0.6 is 0 Å². The van der Waals surface area contributed by atoms with Crippen LogP contribution in [-0.2, 0) is 0 Å². The number of nitro groups is 1. The van der Waals surface area contributed by atoms with Gasteiger partial charge in [-0.2, -0.15) is 0 Å². The van der Waals surface area contributed by atoms with Gasteiger partial charge in [0.1, 0.15) is 5.69 Å². The molecule has 6 nitrogen and oxygen atoms in total. The van der Waals surface area contributed by atoms with Crippen molar-refractivity contribution in [3.8, 4) is 5.88 Å². The molecular weight excluding hydrogens is 248 g/mol. The molecule has 0 fully saturated rings. The Morgan fingerprint density at radius 3 is 2.68 bits per heavy atom. The largest absolute Gasteiger partial charge is 0.481 e. The molecule has 0 radical (unpaired) electrons. The lowest BCUT2D eigenvalue weighted by molar-refractivity contribution is -0.384. The molecular formula is C13H10N2O4. The molecule has 0 aliphatic heterocycles. The van der Waals surface area contributed by atoms with E-state index in [-0.39, 0.29) is 22.7 Å². The van der Waals surface area contributed by atoms with Gasteiger partial charge in [0.15, 0.2) is 0 Å². The van der Waals surface area contributed by atoms with Crippen LogP contribution in [0.15, 0.2) is 42.5 Å². The molecule has 0 saturated carbocycles. The minimum absolute atomic E-state index is 0.131. The summed E-state index contributed by atoms with van der Waals surface area (Å²) in [5, 5.41) is 10.7. The summed E-state index contributed by atoms with van der Waals surface area (Å²) in [5.41, 5.74) is 0.267. The summed E-state index contributed by atoms with van der Waals surface area (Å²) < 4.78 is 4.93. The van der Waals surface area contributed by atoms with E-state index < -0.39 is 4.92 Å². The van der Waals surface area contributed by atoms with Gasteiger partial charge in [0.2, 0.25) is 11.7 Å². The molecule has 0 saturated heterocycles. The van der Waals surface area contributed by atoms with Crippen molar-refractivity contribution in [1.29, 1.82) is 0 Å². The number of ether oxygens (including phenoxy) is 1. The van der Waals surface area contributed by atoms with Gasteiger partial charge in [0, 0.05) is 23.8 Å². The molecule has 2 rings (SSSR count). The number of pyridine rings is 1. The van der Waals surface area contributed by atoms with Gasteiger partial charge < -0.3 is 4.74 Å². The fourth-order valence-corrected chi connectivity index (χ4v) is 1.56. The minimum Gasteiger partial charge on any atom is -0.481 e. The van der Waals surface area contributed by atoms with Crippen molar-refractivity contribution in [2.75, 3.05) is 7.11 Å². The van der Waals surface area contributed by atoms with Crippen LogP contribution < -0.4 is 4.74 Å². The fourth-order valence-electron chi connectivity index (χ4n) is 1.56. The van der Waals surface area contributed by atoms with Crippen LogP contribution in [0.4, 0.5) is 5.69 Å². The Kier molecular flexibility index (Phi) is 3.51. The average molecular weight is 258 g/mol. The first-order valence-corrected chi connectivity index (χ1v) is 5.42. The van der Waals surface area contributed by atoms with Crippen LogP contribution in [0.25, 0.3) is 0 Å². The van der Waals surface area contributed by atoms with Crippen LogP contribution in [0.5, 0.6) is 5.88 Å². The number of hydrogen-bond donors (Lipinski definition) is 0. The summed E-state index contributed by atoms with van der Waals surface area (Å²) in [7, 11) is 1.45. The van der Waals surface area contributed by atoms with Gasteiger partial charge in [0.05, 0.1) is 12.0 Å². The number of rotatable bonds is 4. The molecule has 0 aliphatic carbocycles. The van der Waals surface area contributed by atoms with E-state index >= 15 is 0 Å². The van der Waals surface area contributed by atoms with Gasteiger partial charge in [-0.1, -0.05) is 18.2 Å². The number of carbonyl (C=O) groups is 1. The molecule has 19 heavy (non-hydrogen) atoms. The third-order valence-corrected chi connectivity index (χ3v) is 2.48. The molecule has 0 N–H and O–H groups in total. The molecule has 0 spiro atoms. The Balaban J connectivity index is 2.38. The first-order valence-electron chi connectivity index (χ1n) is 5.42. The maximum Gasteiger partial charge on any atom is 0.270 e. The van der Waals surface area contributed by atoms with Gasteiger partial charge in [-0.05, 0) is 6.07 Å². The zero-order valence-electron chi connectivity index (χ0n) is 10.1. The second-order valence-corrected chi connectivity index (χ2v) is 3.70. The average Bonchev–Trinajstić information content (AvgIpc) is 2.46. The standard InChI is InChI=1S/C13H10N2O4/c1-19-12-7-3-6-11(14-12)13(16)9-4-2-5-10(8-9)15(17)18/h2-8H,1H3.